The van der Waals surface area contributed by atoms with Gasteiger partial charge in [0, 0.05) is 49.9 Å². The molecule has 0 amide bonds. The number of β-amino-alcohol motifs (C(OH)–C–C–N with tert-alkyl or cyclic N) is 1. The number of ether oxygens (including phenoxy) is 2. The van der Waals surface area contributed by atoms with E-state index >= 15 is 0 Å². The van der Waals surface area contributed by atoms with Crippen molar-refractivity contribution in [3.05, 3.63) is 58.5 Å². The van der Waals surface area contributed by atoms with Crippen molar-refractivity contribution in [1.29, 1.82) is 0 Å². The number of benzene rings is 1. The summed E-state index contributed by atoms with van der Waals surface area (Å²) in [6.07, 6.45) is 0.559. The van der Waals surface area contributed by atoms with Crippen LogP contribution in [-0.2, 0) is 6.54 Å². The van der Waals surface area contributed by atoms with Crippen LogP contribution in [0.3, 0.4) is 0 Å². The molecule has 1 aromatic carbocycles. The number of hydrogen-bond acceptors (Lipinski definition) is 5. The lowest BCUT2D eigenvalue weighted by molar-refractivity contribution is 0.0383. The first-order chi connectivity index (χ1) is 13.1. The lowest BCUT2D eigenvalue weighted by atomic mass is 9.83. The van der Waals surface area contributed by atoms with Crippen LogP contribution in [0, 0.1) is 5.92 Å². The third-order valence-electron chi connectivity index (χ3n) is 5.51. The van der Waals surface area contributed by atoms with Gasteiger partial charge in [-0.2, -0.15) is 0 Å². The Morgan fingerprint density at radius 2 is 1.96 bits per heavy atom. The van der Waals surface area contributed by atoms with Gasteiger partial charge in [0.1, 0.15) is 24.2 Å². The molecule has 2 bridgehead atoms. The summed E-state index contributed by atoms with van der Waals surface area (Å²) in [6, 6.07) is 13.0. The fourth-order valence-corrected chi connectivity index (χ4v) is 4.38. The van der Waals surface area contributed by atoms with E-state index in [2.05, 4.69) is 11.0 Å². The summed E-state index contributed by atoms with van der Waals surface area (Å²) < 4.78 is 12.8. The number of pyridine rings is 1. The van der Waals surface area contributed by atoms with Crippen molar-refractivity contribution in [2.75, 3.05) is 33.4 Å². The molecule has 1 saturated heterocycles. The van der Waals surface area contributed by atoms with E-state index < -0.39 is 6.10 Å². The molecular weight excluding hydrogens is 344 g/mol. The van der Waals surface area contributed by atoms with Crippen molar-refractivity contribution in [1.82, 2.24) is 9.47 Å². The summed E-state index contributed by atoms with van der Waals surface area (Å²) in [6.45, 7) is 3.38. The van der Waals surface area contributed by atoms with Gasteiger partial charge in [-0.15, -0.1) is 0 Å². The first kappa shape index (κ1) is 18.1. The highest BCUT2D eigenvalue weighted by Crippen LogP contribution is 2.34. The summed E-state index contributed by atoms with van der Waals surface area (Å²) in [5, 5.41) is 10.4. The molecule has 0 radical (unpaired) electrons. The van der Waals surface area contributed by atoms with Crippen LogP contribution in [-0.4, -0.2) is 54.0 Å². The van der Waals surface area contributed by atoms with Crippen molar-refractivity contribution in [2.24, 2.45) is 5.92 Å². The van der Waals surface area contributed by atoms with Crippen molar-refractivity contribution in [2.45, 2.75) is 25.0 Å². The molecule has 1 unspecified atom stereocenters. The van der Waals surface area contributed by atoms with Crippen LogP contribution in [0.1, 0.15) is 18.0 Å². The standard InChI is InChI=1S/C21H26N2O4/c1-26-18-4-2-5-19(9-18)27-14-17(24)13-22-10-15-8-16(12-22)20-6-3-7-21(25)23(20)11-15/h2-7,9,15-17,24H,8,10-14H2,1H3/t15-,16+,17?/m0/s1. The second-order valence-electron chi connectivity index (χ2n) is 7.56. The number of methoxy groups -OCH3 is 1. The predicted octanol–water partition coefficient (Wildman–Crippen LogP) is 1.72. The van der Waals surface area contributed by atoms with Crippen LogP contribution in [0.4, 0.5) is 0 Å². The molecule has 6 nitrogen and oxygen atoms in total. The topological polar surface area (TPSA) is 63.9 Å². The molecule has 2 aliphatic heterocycles. The molecule has 1 fully saturated rings. The van der Waals surface area contributed by atoms with Crippen molar-refractivity contribution in [3.8, 4) is 11.5 Å². The first-order valence-corrected chi connectivity index (χ1v) is 9.49. The summed E-state index contributed by atoms with van der Waals surface area (Å²) in [4.78, 5) is 14.4. The van der Waals surface area contributed by atoms with E-state index in [4.69, 9.17) is 9.47 Å². The van der Waals surface area contributed by atoms with Gasteiger partial charge in [-0.25, -0.2) is 0 Å². The Balaban J connectivity index is 1.34. The third-order valence-corrected chi connectivity index (χ3v) is 5.51. The van der Waals surface area contributed by atoms with Crippen LogP contribution in [0.2, 0.25) is 0 Å². The molecule has 1 N–H and O–H groups in total. The third kappa shape index (κ3) is 4.01. The Hall–Kier alpha value is -2.31. The van der Waals surface area contributed by atoms with E-state index in [1.54, 1.807) is 13.2 Å². The molecular formula is C21H26N2O4. The fraction of sp³-hybridized carbons (Fsp3) is 0.476. The number of aliphatic hydroxyl groups is 1. The highest BCUT2D eigenvalue weighted by atomic mass is 16.5. The lowest BCUT2D eigenvalue weighted by Gasteiger charge is -2.43. The molecule has 0 spiro atoms. The molecule has 2 aliphatic rings. The first-order valence-electron chi connectivity index (χ1n) is 9.49. The summed E-state index contributed by atoms with van der Waals surface area (Å²) in [5.41, 5.74) is 1.23. The van der Waals surface area contributed by atoms with Gasteiger partial charge in [0.25, 0.3) is 5.56 Å². The van der Waals surface area contributed by atoms with Gasteiger partial charge in [0.15, 0.2) is 0 Å². The Bertz CT molecular complexity index is 850. The van der Waals surface area contributed by atoms with E-state index in [1.807, 2.05) is 34.9 Å². The van der Waals surface area contributed by atoms with Crippen molar-refractivity contribution >= 4 is 0 Å². The largest absolute Gasteiger partial charge is 0.497 e. The molecule has 3 atom stereocenters. The average Bonchev–Trinajstić information content (AvgIpc) is 2.67. The Labute approximate surface area is 158 Å². The van der Waals surface area contributed by atoms with Gasteiger partial charge in [0.05, 0.1) is 7.11 Å². The van der Waals surface area contributed by atoms with Gasteiger partial charge < -0.3 is 19.1 Å². The van der Waals surface area contributed by atoms with E-state index in [1.165, 1.54) is 0 Å². The zero-order chi connectivity index (χ0) is 18.8. The lowest BCUT2D eigenvalue weighted by Crippen LogP contribution is -2.49. The van der Waals surface area contributed by atoms with Crippen LogP contribution in [0.5, 0.6) is 11.5 Å². The number of rotatable bonds is 6. The molecule has 3 heterocycles. The van der Waals surface area contributed by atoms with Gasteiger partial charge in [-0.05, 0) is 30.5 Å². The van der Waals surface area contributed by atoms with E-state index in [9.17, 15) is 9.90 Å². The number of piperidine rings is 1. The fourth-order valence-electron chi connectivity index (χ4n) is 4.38. The second kappa shape index (κ2) is 7.74. The van der Waals surface area contributed by atoms with E-state index in [-0.39, 0.29) is 12.2 Å². The van der Waals surface area contributed by atoms with Crippen LogP contribution in [0.15, 0.2) is 47.3 Å². The van der Waals surface area contributed by atoms with Gasteiger partial charge in [-0.1, -0.05) is 12.1 Å². The normalized spacial score (nSPS) is 22.7. The number of aliphatic hydroxyl groups excluding tert-OH is 1. The molecule has 144 valence electrons. The van der Waals surface area contributed by atoms with Crippen molar-refractivity contribution in [3.63, 3.8) is 0 Å². The van der Waals surface area contributed by atoms with E-state index in [0.29, 0.717) is 24.1 Å². The van der Waals surface area contributed by atoms with Crippen molar-refractivity contribution < 1.29 is 14.6 Å². The van der Waals surface area contributed by atoms with Crippen LogP contribution >= 0.6 is 0 Å². The van der Waals surface area contributed by atoms with Crippen LogP contribution < -0.4 is 15.0 Å². The smallest absolute Gasteiger partial charge is 0.250 e. The van der Waals surface area contributed by atoms with E-state index in [0.717, 1.165) is 37.5 Å². The molecule has 0 saturated carbocycles. The highest BCUT2D eigenvalue weighted by molar-refractivity contribution is 5.32. The second-order valence-corrected chi connectivity index (χ2v) is 7.56. The molecule has 2 aromatic rings. The van der Waals surface area contributed by atoms with Gasteiger partial charge in [0.2, 0.25) is 0 Å². The monoisotopic (exact) mass is 370 g/mol. The Morgan fingerprint density at radius 1 is 1.15 bits per heavy atom. The maximum absolute atomic E-state index is 12.1. The Kier molecular flexibility index (Phi) is 5.18. The number of aromatic nitrogens is 1. The minimum Gasteiger partial charge on any atom is -0.497 e. The average molecular weight is 370 g/mol. The number of fused-ring (bicyclic) bond motifs is 4. The maximum atomic E-state index is 12.1. The minimum absolute atomic E-state index is 0.0994. The molecule has 4 rings (SSSR count). The molecule has 0 aliphatic carbocycles. The summed E-state index contributed by atoms with van der Waals surface area (Å²) >= 11 is 0. The Morgan fingerprint density at radius 3 is 2.81 bits per heavy atom. The number of likely N-dealkylation sites (tertiary alicyclic amines) is 1. The predicted molar refractivity (Wildman–Crippen MR) is 102 cm³/mol. The summed E-state index contributed by atoms with van der Waals surface area (Å²) in [7, 11) is 1.62. The minimum atomic E-state index is -0.562. The zero-order valence-electron chi connectivity index (χ0n) is 15.6. The number of hydrogen-bond donors (Lipinski definition) is 1. The summed E-state index contributed by atoms with van der Waals surface area (Å²) in [5.74, 6) is 2.25. The number of nitrogens with zero attached hydrogens (tertiary/aromatic N) is 2. The maximum Gasteiger partial charge on any atom is 0.250 e. The molecule has 6 heteroatoms. The SMILES string of the molecule is COc1cccc(OCC(O)CN2C[C@@H]3C[C@H](C2)c2cccc(=O)n2C3)c1. The zero-order valence-corrected chi connectivity index (χ0v) is 15.6. The molecule has 27 heavy (non-hydrogen) atoms. The van der Waals surface area contributed by atoms with Crippen LogP contribution in [0.25, 0.3) is 0 Å². The molecule has 1 aromatic heterocycles. The highest BCUT2D eigenvalue weighted by Gasteiger charge is 2.34. The van der Waals surface area contributed by atoms with Gasteiger partial charge in [-0.3, -0.25) is 9.69 Å². The quantitative estimate of drug-likeness (QED) is 0.839. The van der Waals surface area contributed by atoms with Gasteiger partial charge >= 0.3 is 0 Å².